The van der Waals surface area contributed by atoms with Crippen molar-refractivity contribution in [1.29, 1.82) is 0 Å². The molecule has 0 fully saturated rings. The number of aryl methyl sites for hydroxylation is 4. The SMILES string of the molecule is COc1ccc(C(CC(=O)O)n2nccc2CCCc2ccc3c(n2)CCCC3)nn1. The molecule has 8 nitrogen and oxygen atoms in total. The van der Waals surface area contributed by atoms with Gasteiger partial charge in [0.25, 0.3) is 0 Å². The summed E-state index contributed by atoms with van der Waals surface area (Å²) in [5.74, 6) is -0.529. The first-order chi connectivity index (χ1) is 15.1. The number of nitrogens with zero attached hydrogens (tertiary/aromatic N) is 5. The second-order valence-corrected chi connectivity index (χ2v) is 7.85. The molecule has 1 aliphatic carbocycles. The first kappa shape index (κ1) is 21.0. The van der Waals surface area contributed by atoms with Gasteiger partial charge in [0.2, 0.25) is 5.88 Å². The summed E-state index contributed by atoms with van der Waals surface area (Å²) in [6.45, 7) is 0. The van der Waals surface area contributed by atoms with Crippen molar-refractivity contribution in [2.45, 2.75) is 57.4 Å². The van der Waals surface area contributed by atoms with Gasteiger partial charge in [-0.2, -0.15) is 5.10 Å². The van der Waals surface area contributed by atoms with E-state index < -0.39 is 12.0 Å². The zero-order chi connectivity index (χ0) is 21.6. The van der Waals surface area contributed by atoms with Crippen LogP contribution in [0.25, 0.3) is 0 Å². The number of hydrogen-bond donors (Lipinski definition) is 1. The number of aliphatic carboxylic acids is 1. The monoisotopic (exact) mass is 421 g/mol. The van der Waals surface area contributed by atoms with Crippen molar-refractivity contribution in [2.75, 3.05) is 7.11 Å². The van der Waals surface area contributed by atoms with Gasteiger partial charge in [0.1, 0.15) is 6.04 Å². The van der Waals surface area contributed by atoms with E-state index in [4.69, 9.17) is 9.72 Å². The normalized spacial score (nSPS) is 14.1. The minimum atomic E-state index is -0.915. The first-order valence-electron chi connectivity index (χ1n) is 10.7. The average molecular weight is 422 g/mol. The van der Waals surface area contributed by atoms with Crippen LogP contribution in [0.3, 0.4) is 0 Å². The number of pyridine rings is 1. The van der Waals surface area contributed by atoms with Crippen molar-refractivity contribution in [3.8, 4) is 5.88 Å². The molecule has 3 aromatic rings. The van der Waals surface area contributed by atoms with Crippen LogP contribution < -0.4 is 4.74 Å². The average Bonchev–Trinajstić information content (AvgIpc) is 3.25. The zero-order valence-corrected chi connectivity index (χ0v) is 17.7. The smallest absolute Gasteiger partial charge is 0.305 e. The van der Waals surface area contributed by atoms with Crippen molar-refractivity contribution < 1.29 is 14.6 Å². The standard InChI is InChI=1S/C23H27N5O3/c1-31-22-12-11-20(26-27-22)21(15-23(29)30)28-18(13-14-24-28)7-4-6-17-10-9-16-5-2-3-8-19(16)25-17/h9-14,21H,2-8,15H2,1H3,(H,29,30). The summed E-state index contributed by atoms with van der Waals surface area (Å²) in [6, 6.07) is 9.20. The second kappa shape index (κ2) is 9.68. The summed E-state index contributed by atoms with van der Waals surface area (Å²) in [7, 11) is 1.52. The van der Waals surface area contributed by atoms with Crippen molar-refractivity contribution in [3.05, 3.63) is 64.9 Å². The fourth-order valence-electron chi connectivity index (χ4n) is 4.14. The van der Waals surface area contributed by atoms with E-state index in [9.17, 15) is 9.90 Å². The number of carbonyl (C=O) groups is 1. The Morgan fingerprint density at radius 3 is 2.77 bits per heavy atom. The van der Waals surface area contributed by atoms with Crippen molar-refractivity contribution >= 4 is 5.97 Å². The van der Waals surface area contributed by atoms with Gasteiger partial charge in [-0.15, -0.1) is 10.2 Å². The molecule has 0 radical (unpaired) electrons. The van der Waals surface area contributed by atoms with Crippen LogP contribution in [-0.2, 0) is 30.5 Å². The third kappa shape index (κ3) is 5.07. The van der Waals surface area contributed by atoms with Gasteiger partial charge < -0.3 is 9.84 Å². The molecular formula is C23H27N5O3. The van der Waals surface area contributed by atoms with E-state index in [1.165, 1.54) is 31.2 Å². The van der Waals surface area contributed by atoms with Crippen LogP contribution in [0.1, 0.15) is 60.1 Å². The fourth-order valence-corrected chi connectivity index (χ4v) is 4.14. The van der Waals surface area contributed by atoms with E-state index in [0.717, 1.165) is 43.5 Å². The lowest BCUT2D eigenvalue weighted by Gasteiger charge is -2.18. The fraction of sp³-hybridized carbons (Fsp3) is 0.435. The molecule has 0 saturated heterocycles. The maximum Gasteiger partial charge on any atom is 0.305 e. The van der Waals surface area contributed by atoms with Crippen LogP contribution in [0.4, 0.5) is 0 Å². The molecule has 0 amide bonds. The number of carboxylic acids is 1. The molecule has 0 saturated carbocycles. The number of fused-ring (bicyclic) bond motifs is 1. The van der Waals surface area contributed by atoms with Gasteiger partial charge in [-0.3, -0.25) is 14.5 Å². The lowest BCUT2D eigenvalue weighted by atomic mass is 9.95. The molecule has 1 atom stereocenters. The molecule has 162 valence electrons. The highest BCUT2D eigenvalue weighted by molar-refractivity contribution is 5.67. The Bertz CT molecular complexity index is 1030. The van der Waals surface area contributed by atoms with Crippen LogP contribution in [0.15, 0.2) is 36.5 Å². The van der Waals surface area contributed by atoms with E-state index in [-0.39, 0.29) is 6.42 Å². The van der Waals surface area contributed by atoms with Crippen LogP contribution in [0.5, 0.6) is 5.88 Å². The Labute approximate surface area is 181 Å². The molecule has 1 unspecified atom stereocenters. The number of carboxylic acid groups (broad SMARTS) is 1. The van der Waals surface area contributed by atoms with E-state index >= 15 is 0 Å². The van der Waals surface area contributed by atoms with E-state index in [1.807, 2.05) is 6.07 Å². The summed E-state index contributed by atoms with van der Waals surface area (Å²) in [5.41, 5.74) is 5.29. The Kier molecular flexibility index (Phi) is 6.54. The quantitative estimate of drug-likeness (QED) is 0.566. The molecule has 1 aliphatic rings. The predicted octanol–water partition coefficient (Wildman–Crippen LogP) is 3.19. The molecule has 0 aliphatic heterocycles. The van der Waals surface area contributed by atoms with Gasteiger partial charge in [0.15, 0.2) is 0 Å². The third-order valence-electron chi connectivity index (χ3n) is 5.73. The van der Waals surface area contributed by atoms with E-state index in [1.54, 1.807) is 23.0 Å². The number of rotatable bonds is 9. The summed E-state index contributed by atoms with van der Waals surface area (Å²) in [6.07, 6.45) is 8.85. The van der Waals surface area contributed by atoms with Crippen LogP contribution in [-0.4, -0.2) is 43.1 Å². The minimum absolute atomic E-state index is 0.123. The molecule has 0 spiro atoms. The Hall–Kier alpha value is -3.29. The van der Waals surface area contributed by atoms with Gasteiger partial charge in [-0.1, -0.05) is 6.07 Å². The molecule has 8 heteroatoms. The highest BCUT2D eigenvalue weighted by Crippen LogP contribution is 2.24. The molecular weight excluding hydrogens is 394 g/mol. The predicted molar refractivity (Wildman–Crippen MR) is 114 cm³/mol. The lowest BCUT2D eigenvalue weighted by molar-refractivity contribution is -0.137. The summed E-state index contributed by atoms with van der Waals surface area (Å²) >= 11 is 0. The second-order valence-electron chi connectivity index (χ2n) is 7.85. The largest absolute Gasteiger partial charge is 0.481 e. The zero-order valence-electron chi connectivity index (χ0n) is 17.7. The van der Waals surface area contributed by atoms with Crippen LogP contribution >= 0.6 is 0 Å². The van der Waals surface area contributed by atoms with Gasteiger partial charge in [-0.05, 0) is 68.7 Å². The van der Waals surface area contributed by atoms with Crippen molar-refractivity contribution in [1.82, 2.24) is 25.0 Å². The lowest BCUT2D eigenvalue weighted by Crippen LogP contribution is -2.20. The molecule has 31 heavy (non-hydrogen) atoms. The number of hydrogen-bond acceptors (Lipinski definition) is 6. The van der Waals surface area contributed by atoms with Gasteiger partial charge in [0.05, 0.1) is 19.2 Å². The minimum Gasteiger partial charge on any atom is -0.481 e. The topological polar surface area (TPSA) is 103 Å². The maximum atomic E-state index is 11.5. The Morgan fingerprint density at radius 2 is 2.00 bits per heavy atom. The van der Waals surface area contributed by atoms with Gasteiger partial charge >= 0.3 is 5.97 Å². The molecule has 0 bridgehead atoms. The van der Waals surface area contributed by atoms with Gasteiger partial charge in [-0.25, -0.2) is 0 Å². The van der Waals surface area contributed by atoms with Crippen LogP contribution in [0.2, 0.25) is 0 Å². The molecule has 3 heterocycles. The van der Waals surface area contributed by atoms with E-state index in [2.05, 4.69) is 27.4 Å². The number of ether oxygens (including phenoxy) is 1. The summed E-state index contributed by atoms with van der Waals surface area (Å²) in [4.78, 5) is 16.4. The number of aromatic nitrogens is 5. The Morgan fingerprint density at radius 1 is 1.13 bits per heavy atom. The van der Waals surface area contributed by atoms with Crippen molar-refractivity contribution in [2.24, 2.45) is 0 Å². The highest BCUT2D eigenvalue weighted by Gasteiger charge is 2.22. The van der Waals surface area contributed by atoms with Gasteiger partial charge in [0, 0.05) is 29.3 Å². The summed E-state index contributed by atoms with van der Waals surface area (Å²) in [5, 5.41) is 22.0. The van der Waals surface area contributed by atoms with Crippen LogP contribution in [0, 0.1) is 0 Å². The number of methoxy groups -OCH3 is 1. The van der Waals surface area contributed by atoms with Crippen molar-refractivity contribution in [3.63, 3.8) is 0 Å². The first-order valence-corrected chi connectivity index (χ1v) is 10.7. The highest BCUT2D eigenvalue weighted by atomic mass is 16.5. The molecule has 0 aromatic carbocycles. The molecule has 1 N–H and O–H groups in total. The summed E-state index contributed by atoms with van der Waals surface area (Å²) < 4.78 is 6.81. The maximum absolute atomic E-state index is 11.5. The van der Waals surface area contributed by atoms with E-state index in [0.29, 0.717) is 11.6 Å². The molecule has 4 rings (SSSR count). The third-order valence-corrected chi connectivity index (χ3v) is 5.73. The molecule has 3 aromatic heterocycles. The Balaban J connectivity index is 1.46.